The molecule has 0 saturated carbocycles. The van der Waals surface area contributed by atoms with Gasteiger partial charge in [-0.3, -0.25) is 0 Å². The number of nitrogens with two attached hydrogens (primary N) is 1. The summed E-state index contributed by atoms with van der Waals surface area (Å²) in [5, 5.41) is 16.8. The highest BCUT2D eigenvalue weighted by Gasteiger charge is 2.12. The van der Waals surface area contributed by atoms with Gasteiger partial charge in [-0.15, -0.1) is 0 Å². The number of nitriles is 2. The Hall–Kier alpha value is -1.74. The molecule has 48 valence electrons. The van der Waals surface area contributed by atoms with E-state index < -0.39 is 0 Å². The van der Waals surface area contributed by atoms with Crippen LogP contribution in [0.4, 0.5) is 0 Å². The minimum absolute atomic E-state index is 0.338. The van der Waals surface area contributed by atoms with Crippen LogP contribution in [0.15, 0.2) is 22.9 Å². The van der Waals surface area contributed by atoms with Gasteiger partial charge in [-0.25, -0.2) is 0 Å². The maximum atomic E-state index is 8.42. The third-order valence-electron chi connectivity index (χ3n) is 1.38. The quantitative estimate of drug-likeness (QED) is 0.522. The molecule has 0 amide bonds. The van der Waals surface area contributed by atoms with Crippen LogP contribution in [0.3, 0.4) is 0 Å². The molecule has 0 saturated heterocycles. The fourth-order valence-electron chi connectivity index (χ4n) is 0.798. The predicted molar refractivity (Wildman–Crippen MR) is 35.1 cm³/mol. The van der Waals surface area contributed by atoms with Crippen LogP contribution in [0.5, 0.6) is 0 Å². The van der Waals surface area contributed by atoms with Crippen LogP contribution < -0.4 is 5.73 Å². The van der Waals surface area contributed by atoms with Crippen LogP contribution in [0.2, 0.25) is 0 Å². The third kappa shape index (κ3) is 0.744. The minimum Gasteiger partial charge on any atom is -0.397 e. The first-order valence-corrected chi connectivity index (χ1v) is 2.79. The summed E-state index contributed by atoms with van der Waals surface area (Å²) >= 11 is 0. The van der Waals surface area contributed by atoms with Crippen molar-refractivity contribution < 1.29 is 0 Å². The molecule has 0 bridgehead atoms. The van der Waals surface area contributed by atoms with Gasteiger partial charge in [0.2, 0.25) is 0 Å². The van der Waals surface area contributed by atoms with Crippen molar-refractivity contribution in [3.63, 3.8) is 0 Å². The molecule has 0 aromatic rings. The van der Waals surface area contributed by atoms with E-state index in [0.29, 0.717) is 23.3 Å². The summed E-state index contributed by atoms with van der Waals surface area (Å²) in [5.74, 6) is 0. The lowest BCUT2D eigenvalue weighted by atomic mass is 10.2. The van der Waals surface area contributed by atoms with Gasteiger partial charge >= 0.3 is 0 Å². The summed E-state index contributed by atoms with van der Waals surface area (Å²) in [7, 11) is 0. The van der Waals surface area contributed by atoms with Gasteiger partial charge in [0.25, 0.3) is 0 Å². The molecule has 0 radical (unpaired) electrons. The molecule has 0 unspecified atom stereocenters. The highest BCUT2D eigenvalue weighted by atomic mass is 14.6. The SMILES string of the molecule is N#CC1=CCC(C#N)=C1N. The largest absolute Gasteiger partial charge is 0.397 e. The topological polar surface area (TPSA) is 73.6 Å². The van der Waals surface area contributed by atoms with E-state index in [9.17, 15) is 0 Å². The summed E-state index contributed by atoms with van der Waals surface area (Å²) in [6.45, 7) is 0. The van der Waals surface area contributed by atoms with Gasteiger partial charge in [0.05, 0.1) is 22.9 Å². The van der Waals surface area contributed by atoms with Gasteiger partial charge in [-0.2, -0.15) is 10.5 Å². The van der Waals surface area contributed by atoms with Crippen molar-refractivity contribution in [1.82, 2.24) is 0 Å². The second kappa shape index (κ2) is 2.24. The Kier molecular flexibility index (Phi) is 1.43. The predicted octanol–water partition coefficient (Wildman–Crippen LogP) is 0.576. The van der Waals surface area contributed by atoms with E-state index in [1.165, 1.54) is 0 Å². The second-order valence-corrected chi connectivity index (χ2v) is 1.94. The molecule has 0 spiro atoms. The summed E-state index contributed by atoms with van der Waals surface area (Å²) in [6.07, 6.45) is 2.17. The van der Waals surface area contributed by atoms with E-state index in [2.05, 4.69) is 0 Å². The zero-order valence-corrected chi connectivity index (χ0v) is 5.26. The number of hydrogen-bond donors (Lipinski definition) is 1. The summed E-state index contributed by atoms with van der Waals surface area (Å²) in [5.41, 5.74) is 6.67. The van der Waals surface area contributed by atoms with Gasteiger partial charge in [0.15, 0.2) is 0 Å². The molecular weight excluding hydrogens is 126 g/mol. The number of hydrogen-bond acceptors (Lipinski definition) is 3. The number of allylic oxidation sites excluding steroid dienone is 3. The fraction of sp³-hybridized carbons (Fsp3) is 0.143. The molecule has 0 heterocycles. The van der Waals surface area contributed by atoms with Gasteiger partial charge in [0, 0.05) is 6.42 Å². The maximum Gasteiger partial charge on any atom is 0.101 e. The van der Waals surface area contributed by atoms with Crippen LogP contribution in [-0.2, 0) is 0 Å². The molecular formula is C7H5N3. The van der Waals surface area contributed by atoms with E-state index in [1.54, 1.807) is 6.08 Å². The molecule has 1 rings (SSSR count). The van der Waals surface area contributed by atoms with E-state index >= 15 is 0 Å². The number of rotatable bonds is 0. The molecule has 3 nitrogen and oxygen atoms in total. The third-order valence-corrected chi connectivity index (χ3v) is 1.38. The second-order valence-electron chi connectivity index (χ2n) is 1.94. The summed E-state index contributed by atoms with van der Waals surface area (Å²) in [6, 6.07) is 3.83. The Balaban J connectivity index is 3.02. The average Bonchev–Trinajstić information content (AvgIpc) is 2.30. The standard InChI is InChI=1S/C7H5N3/c8-3-5-1-2-6(4-9)7(5)10/h1H,2,10H2. The zero-order chi connectivity index (χ0) is 7.56. The Morgan fingerprint density at radius 3 is 2.40 bits per heavy atom. The minimum atomic E-state index is 0.338. The van der Waals surface area contributed by atoms with E-state index in [0.717, 1.165) is 0 Å². The summed E-state index contributed by atoms with van der Waals surface area (Å²) in [4.78, 5) is 0. The van der Waals surface area contributed by atoms with Crippen molar-refractivity contribution in [1.29, 1.82) is 10.5 Å². The van der Waals surface area contributed by atoms with Crippen molar-refractivity contribution in [2.45, 2.75) is 6.42 Å². The first kappa shape index (κ1) is 6.38. The molecule has 1 aliphatic rings. The Morgan fingerprint density at radius 1 is 1.40 bits per heavy atom. The van der Waals surface area contributed by atoms with Crippen molar-refractivity contribution in [3.05, 3.63) is 22.9 Å². The van der Waals surface area contributed by atoms with Crippen molar-refractivity contribution in [2.75, 3.05) is 0 Å². The molecule has 0 fully saturated rings. The lowest BCUT2D eigenvalue weighted by molar-refractivity contribution is 1.27. The number of nitrogens with zero attached hydrogens (tertiary/aromatic N) is 2. The zero-order valence-electron chi connectivity index (χ0n) is 5.26. The Bertz CT molecular complexity index is 278. The van der Waals surface area contributed by atoms with Gasteiger partial charge in [-0.1, -0.05) is 6.08 Å². The molecule has 10 heavy (non-hydrogen) atoms. The van der Waals surface area contributed by atoms with Crippen LogP contribution >= 0.6 is 0 Å². The van der Waals surface area contributed by atoms with Gasteiger partial charge in [0.1, 0.15) is 6.07 Å². The molecule has 2 N–H and O–H groups in total. The Morgan fingerprint density at radius 2 is 2.10 bits per heavy atom. The lowest BCUT2D eigenvalue weighted by Gasteiger charge is -1.89. The molecule has 0 aliphatic heterocycles. The molecule has 3 heteroatoms. The molecule has 0 aromatic carbocycles. The monoisotopic (exact) mass is 131 g/mol. The van der Waals surface area contributed by atoms with Crippen molar-refractivity contribution >= 4 is 0 Å². The molecule has 0 aromatic heterocycles. The van der Waals surface area contributed by atoms with E-state index in [-0.39, 0.29) is 0 Å². The smallest absolute Gasteiger partial charge is 0.101 e. The molecule has 0 atom stereocenters. The first-order chi connectivity index (χ1) is 4.79. The highest BCUT2D eigenvalue weighted by molar-refractivity contribution is 5.52. The summed E-state index contributed by atoms with van der Waals surface area (Å²) < 4.78 is 0. The van der Waals surface area contributed by atoms with E-state index in [1.807, 2.05) is 12.1 Å². The normalized spacial score (nSPS) is 16.0. The maximum absolute atomic E-state index is 8.42. The van der Waals surface area contributed by atoms with Crippen molar-refractivity contribution in [2.24, 2.45) is 5.73 Å². The van der Waals surface area contributed by atoms with Crippen molar-refractivity contribution in [3.8, 4) is 12.1 Å². The lowest BCUT2D eigenvalue weighted by Crippen LogP contribution is -1.98. The highest BCUT2D eigenvalue weighted by Crippen LogP contribution is 2.20. The molecule has 1 aliphatic carbocycles. The van der Waals surface area contributed by atoms with Crippen LogP contribution in [0.1, 0.15) is 6.42 Å². The van der Waals surface area contributed by atoms with Gasteiger partial charge in [-0.05, 0) is 0 Å². The fourth-order valence-corrected chi connectivity index (χ4v) is 0.798. The van der Waals surface area contributed by atoms with E-state index in [4.69, 9.17) is 16.3 Å². The average molecular weight is 131 g/mol. The van der Waals surface area contributed by atoms with Crippen LogP contribution in [-0.4, -0.2) is 0 Å². The van der Waals surface area contributed by atoms with Gasteiger partial charge < -0.3 is 5.73 Å². The first-order valence-electron chi connectivity index (χ1n) is 2.79. The van der Waals surface area contributed by atoms with Crippen LogP contribution in [0.25, 0.3) is 0 Å². The Labute approximate surface area is 58.7 Å². The van der Waals surface area contributed by atoms with Crippen LogP contribution in [0, 0.1) is 22.7 Å².